The minimum atomic E-state index is -1.66. The molecule has 0 bridgehead atoms. The molecule has 4 rings (SSSR count). The van der Waals surface area contributed by atoms with Crippen LogP contribution in [0.4, 0.5) is 4.39 Å². The van der Waals surface area contributed by atoms with Gasteiger partial charge in [-0.25, -0.2) is 4.39 Å². The van der Waals surface area contributed by atoms with Crippen LogP contribution in [0.25, 0.3) is 0 Å². The molecule has 5 nitrogen and oxygen atoms in total. The third-order valence-corrected chi connectivity index (χ3v) is 10.0. The lowest BCUT2D eigenvalue weighted by atomic mass is 9.45. The van der Waals surface area contributed by atoms with E-state index in [2.05, 4.69) is 15.9 Å². The minimum absolute atomic E-state index is 0.00705. The first-order chi connectivity index (χ1) is 13.4. The van der Waals surface area contributed by atoms with Gasteiger partial charge in [-0.15, -0.1) is 11.6 Å². The first kappa shape index (κ1) is 21.3. The van der Waals surface area contributed by atoms with Crippen molar-refractivity contribution in [1.82, 2.24) is 0 Å². The number of aliphatic hydroxyl groups is 1. The average molecular weight is 490 g/mol. The Kier molecular flexibility index (Phi) is 4.81. The molecule has 8 atom stereocenters. The summed E-state index contributed by atoms with van der Waals surface area (Å²) in [5, 5.41) is 9.37. The summed E-state index contributed by atoms with van der Waals surface area (Å²) in [4.78, 5) is 48.5. The van der Waals surface area contributed by atoms with Gasteiger partial charge in [0.25, 0.3) is 0 Å². The smallest absolute Gasteiger partial charge is 0.176 e. The fourth-order valence-electron chi connectivity index (χ4n) is 6.79. The summed E-state index contributed by atoms with van der Waals surface area (Å²) in [7, 11) is 0. The minimum Gasteiger partial charge on any atom is -0.389 e. The number of hydrogen-bond acceptors (Lipinski definition) is 5. The molecule has 29 heavy (non-hydrogen) atoms. The van der Waals surface area contributed by atoms with Gasteiger partial charge in [0, 0.05) is 12.3 Å². The van der Waals surface area contributed by atoms with E-state index in [1.54, 1.807) is 0 Å². The van der Waals surface area contributed by atoms with Crippen LogP contribution in [-0.4, -0.2) is 50.7 Å². The maximum absolute atomic E-state index is 15.3. The summed E-state index contributed by atoms with van der Waals surface area (Å²) < 4.78 is 15.3. The molecule has 3 saturated carbocycles. The number of hydrogen-bond donors (Lipinski definition) is 1. The number of carbonyl (C=O) groups is 4. The van der Waals surface area contributed by atoms with Crippen LogP contribution >= 0.6 is 27.5 Å². The quantitative estimate of drug-likeness (QED) is 0.476. The van der Waals surface area contributed by atoms with E-state index in [4.69, 9.17) is 11.6 Å². The number of Topliss-reactive ketones (excluding diaryl/α,β-unsaturated/α-hetero) is 3. The van der Waals surface area contributed by atoms with E-state index in [0.717, 1.165) is 6.08 Å². The van der Waals surface area contributed by atoms with E-state index in [1.165, 1.54) is 6.92 Å². The Bertz CT molecular complexity index is 873. The van der Waals surface area contributed by atoms with Crippen molar-refractivity contribution in [2.24, 2.45) is 28.6 Å². The van der Waals surface area contributed by atoms with Crippen LogP contribution in [0.1, 0.15) is 39.5 Å². The highest BCUT2D eigenvalue weighted by atomic mass is 79.9. The maximum atomic E-state index is 15.3. The lowest BCUT2D eigenvalue weighted by Crippen LogP contribution is -2.70. The Morgan fingerprint density at radius 2 is 1.93 bits per heavy atom. The second-order valence-electron chi connectivity index (χ2n) is 9.34. The van der Waals surface area contributed by atoms with Gasteiger partial charge in [0.1, 0.15) is 22.5 Å². The van der Waals surface area contributed by atoms with E-state index in [1.807, 2.05) is 6.92 Å². The van der Waals surface area contributed by atoms with Crippen molar-refractivity contribution in [1.29, 1.82) is 0 Å². The van der Waals surface area contributed by atoms with E-state index in [0.29, 0.717) is 12.8 Å². The predicted molar refractivity (Wildman–Crippen MR) is 107 cm³/mol. The normalized spacial score (nSPS) is 49.2. The molecule has 3 fully saturated rings. The van der Waals surface area contributed by atoms with Crippen LogP contribution in [0.15, 0.2) is 11.6 Å². The molecule has 8 heteroatoms. The third kappa shape index (κ3) is 2.41. The number of aliphatic hydroxyl groups excluding tert-OH is 1. The zero-order valence-corrected chi connectivity index (χ0v) is 18.6. The Labute approximate surface area is 181 Å². The number of halogens is 3. The standard InChI is InChI=1S/C21H23BrClFO5/c1-19-7-16(28)21(23)11(9(19)3-4-10(19)15(27)8-25)5-13(24)12-6-14(26)17(22)18(29)20(12,21)2/h6,9-11,13,17,25H,3-5,7-8H2,1-2H3/t9-,10+,11-,13?,17?,19-,20+,21-/m0/s1. The van der Waals surface area contributed by atoms with E-state index < -0.39 is 56.7 Å². The molecule has 158 valence electrons. The second kappa shape index (κ2) is 6.54. The van der Waals surface area contributed by atoms with Crippen LogP contribution in [0.5, 0.6) is 0 Å². The van der Waals surface area contributed by atoms with Gasteiger partial charge in [0.2, 0.25) is 0 Å². The van der Waals surface area contributed by atoms with Gasteiger partial charge in [0.05, 0.1) is 5.41 Å². The highest BCUT2D eigenvalue weighted by Gasteiger charge is 2.74. The monoisotopic (exact) mass is 488 g/mol. The Hall–Kier alpha value is -0.920. The molecular weight excluding hydrogens is 467 g/mol. The molecule has 2 unspecified atom stereocenters. The molecule has 0 aliphatic heterocycles. The number of fused-ring (bicyclic) bond motifs is 5. The van der Waals surface area contributed by atoms with Crippen molar-refractivity contribution < 1.29 is 28.7 Å². The zero-order valence-electron chi connectivity index (χ0n) is 16.2. The largest absolute Gasteiger partial charge is 0.389 e. The van der Waals surface area contributed by atoms with Crippen molar-refractivity contribution >= 4 is 50.7 Å². The zero-order chi connectivity index (χ0) is 21.5. The van der Waals surface area contributed by atoms with Crippen molar-refractivity contribution in [2.75, 3.05) is 6.61 Å². The molecule has 0 amide bonds. The van der Waals surface area contributed by atoms with E-state index in [-0.39, 0.29) is 35.9 Å². The van der Waals surface area contributed by atoms with Crippen molar-refractivity contribution in [3.63, 3.8) is 0 Å². The van der Waals surface area contributed by atoms with Crippen LogP contribution in [0, 0.1) is 28.6 Å². The van der Waals surface area contributed by atoms with Gasteiger partial charge < -0.3 is 5.11 Å². The Balaban J connectivity index is 1.87. The fraction of sp³-hybridized carbons (Fsp3) is 0.714. The first-order valence-electron chi connectivity index (χ1n) is 9.88. The average Bonchev–Trinajstić information content (AvgIpc) is 3.01. The summed E-state index contributed by atoms with van der Waals surface area (Å²) in [6, 6.07) is 0. The molecule has 0 saturated heterocycles. The Morgan fingerprint density at radius 3 is 2.55 bits per heavy atom. The molecule has 0 spiro atoms. The highest BCUT2D eigenvalue weighted by molar-refractivity contribution is 9.10. The molecule has 0 radical (unpaired) electrons. The van der Waals surface area contributed by atoms with Gasteiger partial charge in [0.15, 0.2) is 23.1 Å². The molecular formula is C21H23BrClFO5. The number of ketones is 4. The van der Waals surface area contributed by atoms with Crippen molar-refractivity contribution in [3.05, 3.63) is 11.6 Å². The summed E-state index contributed by atoms with van der Waals surface area (Å²) >= 11 is 10.2. The molecule has 4 aliphatic carbocycles. The molecule has 0 heterocycles. The Morgan fingerprint density at radius 1 is 1.28 bits per heavy atom. The topological polar surface area (TPSA) is 88.5 Å². The fourth-order valence-corrected chi connectivity index (χ4v) is 7.89. The lowest BCUT2D eigenvalue weighted by Gasteiger charge is -2.61. The SMILES string of the molecule is C[C@]12CC(=O)[C@@]3(Cl)[C@@H](CC(F)C4=CC(=O)C(Br)C(=O)[C@@]43C)[C@@H]1CC[C@@H]2C(=O)CO. The van der Waals surface area contributed by atoms with Gasteiger partial charge in [-0.05, 0) is 55.1 Å². The summed E-state index contributed by atoms with van der Waals surface area (Å²) in [5.74, 6) is -3.17. The number of rotatable bonds is 2. The van der Waals surface area contributed by atoms with Crippen molar-refractivity contribution in [2.45, 2.75) is 55.4 Å². The van der Waals surface area contributed by atoms with Crippen molar-refractivity contribution in [3.8, 4) is 0 Å². The maximum Gasteiger partial charge on any atom is 0.176 e. The highest BCUT2D eigenvalue weighted by Crippen LogP contribution is 2.69. The van der Waals surface area contributed by atoms with Gasteiger partial charge in [-0.2, -0.15) is 0 Å². The summed E-state index contributed by atoms with van der Waals surface area (Å²) in [5.41, 5.74) is -2.36. The number of alkyl halides is 3. The summed E-state index contributed by atoms with van der Waals surface area (Å²) in [6.45, 7) is 2.73. The molecule has 1 N–H and O–H groups in total. The lowest BCUT2D eigenvalue weighted by molar-refractivity contribution is -0.153. The molecule has 0 aromatic carbocycles. The molecule has 0 aromatic rings. The van der Waals surface area contributed by atoms with Gasteiger partial charge >= 0.3 is 0 Å². The third-order valence-electron chi connectivity index (χ3n) is 8.27. The van der Waals surface area contributed by atoms with Gasteiger partial charge in [-0.3, -0.25) is 19.2 Å². The van der Waals surface area contributed by atoms with Gasteiger partial charge in [-0.1, -0.05) is 22.9 Å². The number of allylic oxidation sites excluding steroid dienone is 1. The van der Waals surface area contributed by atoms with Crippen LogP contribution < -0.4 is 0 Å². The number of carbonyl (C=O) groups excluding carboxylic acids is 4. The summed E-state index contributed by atoms with van der Waals surface area (Å²) in [6.07, 6.45) is 0.576. The first-order valence-corrected chi connectivity index (χ1v) is 11.2. The second-order valence-corrected chi connectivity index (χ2v) is 10.9. The molecule has 4 aliphatic rings. The van der Waals surface area contributed by atoms with Crippen LogP contribution in [0.3, 0.4) is 0 Å². The van der Waals surface area contributed by atoms with E-state index in [9.17, 15) is 24.3 Å². The van der Waals surface area contributed by atoms with Crippen LogP contribution in [-0.2, 0) is 19.2 Å². The van der Waals surface area contributed by atoms with E-state index >= 15 is 4.39 Å². The van der Waals surface area contributed by atoms with Crippen LogP contribution in [0.2, 0.25) is 0 Å². The predicted octanol–water partition coefficient (Wildman–Crippen LogP) is 2.74. The molecule has 0 aromatic heterocycles.